The Morgan fingerprint density at radius 1 is 1.17 bits per heavy atom. The number of nitrogens with zero attached hydrogens (tertiary/aromatic N) is 3. The summed E-state index contributed by atoms with van der Waals surface area (Å²) in [5.41, 5.74) is 3.30. The van der Waals surface area contributed by atoms with Gasteiger partial charge in [-0.3, -0.25) is 0 Å². The highest BCUT2D eigenvalue weighted by molar-refractivity contribution is 5.40. The van der Waals surface area contributed by atoms with E-state index in [1.165, 1.54) is 5.56 Å². The first kappa shape index (κ1) is 12.5. The zero-order chi connectivity index (χ0) is 13.1. The summed E-state index contributed by atoms with van der Waals surface area (Å²) in [6.07, 6.45) is 3.69. The van der Waals surface area contributed by atoms with Crippen molar-refractivity contribution in [2.75, 3.05) is 5.32 Å². The van der Waals surface area contributed by atoms with Crippen LogP contribution in [0.3, 0.4) is 0 Å². The van der Waals surface area contributed by atoms with Crippen molar-refractivity contribution >= 4 is 5.82 Å². The van der Waals surface area contributed by atoms with Gasteiger partial charge in [0.25, 0.3) is 0 Å². The van der Waals surface area contributed by atoms with Gasteiger partial charge in [0.05, 0.1) is 6.04 Å². The fourth-order valence-electron chi connectivity index (χ4n) is 1.93. The zero-order valence-electron chi connectivity index (χ0n) is 11.2. The third-order valence-electron chi connectivity index (χ3n) is 2.88. The molecule has 2 heterocycles. The number of rotatable bonds is 3. The number of anilines is 1. The Morgan fingerprint density at radius 3 is 2.61 bits per heavy atom. The van der Waals surface area contributed by atoms with E-state index < -0.39 is 0 Å². The average Bonchev–Trinajstić information content (AvgIpc) is 2.28. The minimum absolute atomic E-state index is 0.139. The van der Waals surface area contributed by atoms with E-state index in [2.05, 4.69) is 34.1 Å². The van der Waals surface area contributed by atoms with Crippen LogP contribution in [-0.4, -0.2) is 15.0 Å². The molecule has 0 aliphatic rings. The molecule has 2 rings (SSSR count). The fraction of sp³-hybridized carbons (Fsp3) is 0.357. The predicted molar refractivity (Wildman–Crippen MR) is 72.5 cm³/mol. The molecular weight excluding hydrogens is 224 g/mol. The molecule has 0 aliphatic heterocycles. The van der Waals surface area contributed by atoms with Gasteiger partial charge < -0.3 is 5.32 Å². The molecule has 94 valence electrons. The van der Waals surface area contributed by atoms with Crippen LogP contribution in [-0.2, 0) is 0 Å². The molecule has 0 amide bonds. The maximum absolute atomic E-state index is 4.38. The third kappa shape index (κ3) is 2.83. The molecule has 2 aromatic heterocycles. The molecule has 0 saturated carbocycles. The largest absolute Gasteiger partial charge is 0.363 e. The lowest BCUT2D eigenvalue weighted by atomic mass is 10.1. The van der Waals surface area contributed by atoms with Gasteiger partial charge in [0.15, 0.2) is 0 Å². The summed E-state index contributed by atoms with van der Waals surface area (Å²) in [6, 6.07) is 4.15. The standard InChI is InChI=1S/C14H18N4/c1-9-5-6-15-14(7-9)18-11(3)13-8-16-12(4)17-10(13)2/h5-8,11H,1-4H3,(H,15,18). The van der Waals surface area contributed by atoms with Gasteiger partial charge in [-0.05, 0) is 45.4 Å². The van der Waals surface area contributed by atoms with Crippen LogP contribution in [0.4, 0.5) is 5.82 Å². The second-order valence-electron chi connectivity index (χ2n) is 4.54. The van der Waals surface area contributed by atoms with Crippen molar-refractivity contribution in [1.82, 2.24) is 15.0 Å². The molecule has 1 unspecified atom stereocenters. The molecule has 0 radical (unpaired) electrons. The highest BCUT2D eigenvalue weighted by atomic mass is 15.0. The summed E-state index contributed by atoms with van der Waals surface area (Å²) in [5.74, 6) is 1.68. The van der Waals surface area contributed by atoms with Crippen molar-refractivity contribution in [2.45, 2.75) is 33.7 Å². The van der Waals surface area contributed by atoms with Gasteiger partial charge in [-0.1, -0.05) is 0 Å². The summed E-state index contributed by atoms with van der Waals surface area (Å²) >= 11 is 0. The van der Waals surface area contributed by atoms with E-state index in [1.807, 2.05) is 38.4 Å². The van der Waals surface area contributed by atoms with Gasteiger partial charge in [0, 0.05) is 23.7 Å². The Balaban J connectivity index is 2.19. The molecule has 4 nitrogen and oxygen atoms in total. The fourth-order valence-corrected chi connectivity index (χ4v) is 1.93. The van der Waals surface area contributed by atoms with E-state index in [-0.39, 0.29) is 6.04 Å². The number of hydrogen-bond donors (Lipinski definition) is 1. The smallest absolute Gasteiger partial charge is 0.126 e. The van der Waals surface area contributed by atoms with E-state index in [0.717, 1.165) is 22.9 Å². The molecule has 1 N–H and O–H groups in total. The Hall–Kier alpha value is -1.97. The minimum atomic E-state index is 0.139. The summed E-state index contributed by atoms with van der Waals surface area (Å²) < 4.78 is 0. The topological polar surface area (TPSA) is 50.7 Å². The van der Waals surface area contributed by atoms with E-state index >= 15 is 0 Å². The average molecular weight is 242 g/mol. The number of hydrogen-bond acceptors (Lipinski definition) is 4. The first-order valence-corrected chi connectivity index (χ1v) is 6.05. The monoisotopic (exact) mass is 242 g/mol. The predicted octanol–water partition coefficient (Wildman–Crippen LogP) is 2.97. The Bertz CT molecular complexity index is 551. The van der Waals surface area contributed by atoms with Gasteiger partial charge in [-0.25, -0.2) is 15.0 Å². The molecule has 0 aromatic carbocycles. The lowest BCUT2D eigenvalue weighted by Crippen LogP contribution is -2.11. The van der Waals surface area contributed by atoms with Crippen molar-refractivity contribution in [2.24, 2.45) is 0 Å². The van der Waals surface area contributed by atoms with Crippen LogP contribution in [0.1, 0.15) is 35.6 Å². The second kappa shape index (κ2) is 5.12. The Morgan fingerprint density at radius 2 is 1.94 bits per heavy atom. The van der Waals surface area contributed by atoms with Crippen molar-refractivity contribution in [1.29, 1.82) is 0 Å². The molecular formula is C14H18N4. The number of nitrogens with one attached hydrogen (secondary N) is 1. The summed E-state index contributed by atoms with van der Waals surface area (Å²) in [4.78, 5) is 12.9. The van der Waals surface area contributed by atoms with Crippen molar-refractivity contribution in [3.05, 3.63) is 47.2 Å². The minimum Gasteiger partial charge on any atom is -0.363 e. The highest BCUT2D eigenvalue weighted by Crippen LogP contribution is 2.19. The molecule has 0 spiro atoms. The van der Waals surface area contributed by atoms with Crippen molar-refractivity contribution < 1.29 is 0 Å². The first-order valence-electron chi connectivity index (χ1n) is 6.05. The molecule has 0 saturated heterocycles. The third-order valence-corrected chi connectivity index (χ3v) is 2.88. The molecule has 0 fully saturated rings. The highest BCUT2D eigenvalue weighted by Gasteiger charge is 2.10. The van der Waals surface area contributed by atoms with Gasteiger partial charge >= 0.3 is 0 Å². The molecule has 2 aromatic rings. The van der Waals surface area contributed by atoms with E-state index in [9.17, 15) is 0 Å². The van der Waals surface area contributed by atoms with Crippen LogP contribution in [0.15, 0.2) is 24.5 Å². The van der Waals surface area contributed by atoms with Crippen LogP contribution in [0.5, 0.6) is 0 Å². The van der Waals surface area contributed by atoms with E-state index in [4.69, 9.17) is 0 Å². The van der Waals surface area contributed by atoms with Crippen LogP contribution in [0, 0.1) is 20.8 Å². The number of pyridine rings is 1. The molecule has 1 atom stereocenters. The van der Waals surface area contributed by atoms with Gasteiger partial charge in [-0.2, -0.15) is 0 Å². The lowest BCUT2D eigenvalue weighted by Gasteiger charge is -2.16. The maximum atomic E-state index is 4.38. The molecule has 4 heteroatoms. The molecule has 0 aliphatic carbocycles. The van der Waals surface area contributed by atoms with Crippen LogP contribution in [0.25, 0.3) is 0 Å². The number of aryl methyl sites for hydroxylation is 3. The van der Waals surface area contributed by atoms with Crippen molar-refractivity contribution in [3.63, 3.8) is 0 Å². The van der Waals surface area contributed by atoms with Gasteiger partial charge in [0.2, 0.25) is 0 Å². The van der Waals surface area contributed by atoms with Crippen LogP contribution >= 0.6 is 0 Å². The van der Waals surface area contributed by atoms with Crippen LogP contribution in [0.2, 0.25) is 0 Å². The summed E-state index contributed by atoms with van der Waals surface area (Å²) in [6.45, 7) is 8.05. The Labute approximate surface area is 108 Å². The van der Waals surface area contributed by atoms with Crippen molar-refractivity contribution in [3.8, 4) is 0 Å². The molecule has 18 heavy (non-hydrogen) atoms. The van der Waals surface area contributed by atoms with E-state index in [0.29, 0.717) is 0 Å². The number of aromatic nitrogens is 3. The quantitative estimate of drug-likeness (QED) is 0.899. The lowest BCUT2D eigenvalue weighted by molar-refractivity contribution is 0.826. The molecule has 0 bridgehead atoms. The Kier molecular flexibility index (Phi) is 3.55. The van der Waals surface area contributed by atoms with Crippen LogP contribution < -0.4 is 5.32 Å². The maximum Gasteiger partial charge on any atom is 0.126 e. The SMILES string of the molecule is Cc1ccnc(NC(C)c2cnc(C)nc2C)c1. The van der Waals surface area contributed by atoms with Gasteiger partial charge in [0.1, 0.15) is 11.6 Å². The normalized spacial score (nSPS) is 12.2. The summed E-state index contributed by atoms with van der Waals surface area (Å²) in [5, 5.41) is 3.37. The van der Waals surface area contributed by atoms with E-state index in [1.54, 1.807) is 0 Å². The zero-order valence-corrected chi connectivity index (χ0v) is 11.2. The van der Waals surface area contributed by atoms with Gasteiger partial charge in [-0.15, -0.1) is 0 Å². The summed E-state index contributed by atoms with van der Waals surface area (Å²) in [7, 11) is 0. The first-order chi connectivity index (χ1) is 8.56. The second-order valence-corrected chi connectivity index (χ2v) is 4.54.